The molecule has 0 saturated heterocycles. The minimum atomic E-state index is -0.0237. The van der Waals surface area contributed by atoms with Crippen molar-refractivity contribution in [1.82, 2.24) is 0 Å². The van der Waals surface area contributed by atoms with Gasteiger partial charge in [0.2, 0.25) is 0 Å². The van der Waals surface area contributed by atoms with Crippen LogP contribution in [-0.2, 0) is 9.53 Å². The van der Waals surface area contributed by atoms with Gasteiger partial charge in [0.25, 0.3) is 0 Å². The molecule has 0 heterocycles. The summed E-state index contributed by atoms with van der Waals surface area (Å²) < 4.78 is 5.21. The van der Waals surface area contributed by atoms with Crippen molar-refractivity contribution >= 4 is 5.97 Å². The molecule has 0 amide bonds. The fourth-order valence-electron chi connectivity index (χ4n) is 2.67. The standard InChI is InChI=1S/C23H42O2/c1-3-5-7-8-9-10-11-12-13-14-15-16-17-18-19-20-22-25-23(24)21-6-4-2/h9-10,12-13H,3-8,11,14-22H2,1-2H3/b10-9-,13-12-. The monoisotopic (exact) mass is 350 g/mol. The summed E-state index contributed by atoms with van der Waals surface area (Å²) in [5.74, 6) is -0.0237. The molecule has 0 aliphatic carbocycles. The molecule has 0 N–H and O–H groups in total. The highest BCUT2D eigenvalue weighted by Crippen LogP contribution is 2.08. The SMILES string of the molecule is CCCCC/C=C\C/C=C\CCCCCCCCOC(=O)CCCC. The Morgan fingerprint density at radius 2 is 1.24 bits per heavy atom. The highest BCUT2D eigenvalue weighted by atomic mass is 16.5. The van der Waals surface area contributed by atoms with Crippen molar-refractivity contribution in [2.24, 2.45) is 0 Å². The van der Waals surface area contributed by atoms with E-state index in [4.69, 9.17) is 4.74 Å². The third-order valence-corrected chi connectivity index (χ3v) is 4.34. The van der Waals surface area contributed by atoms with Crippen molar-refractivity contribution in [1.29, 1.82) is 0 Å². The Morgan fingerprint density at radius 3 is 1.88 bits per heavy atom. The molecule has 0 bridgehead atoms. The number of unbranched alkanes of at least 4 members (excludes halogenated alkanes) is 10. The van der Waals surface area contributed by atoms with Crippen LogP contribution in [0, 0.1) is 0 Å². The second-order valence-corrected chi connectivity index (χ2v) is 6.91. The Balaban J connectivity index is 3.20. The molecule has 0 aromatic carbocycles. The molecule has 146 valence electrons. The predicted octanol–water partition coefficient (Wildman–Crippen LogP) is 7.53. The quantitative estimate of drug-likeness (QED) is 0.145. The minimum Gasteiger partial charge on any atom is -0.466 e. The van der Waals surface area contributed by atoms with Crippen LogP contribution in [0.1, 0.15) is 110 Å². The van der Waals surface area contributed by atoms with Gasteiger partial charge in [-0.1, -0.05) is 83.1 Å². The van der Waals surface area contributed by atoms with Crippen LogP contribution >= 0.6 is 0 Å². The zero-order chi connectivity index (χ0) is 18.4. The lowest BCUT2D eigenvalue weighted by molar-refractivity contribution is -0.143. The number of carbonyl (C=O) groups excluding carboxylic acids is 1. The molecule has 2 nitrogen and oxygen atoms in total. The van der Waals surface area contributed by atoms with E-state index in [1.54, 1.807) is 0 Å². The summed E-state index contributed by atoms with van der Waals surface area (Å²) in [6, 6.07) is 0. The Labute approximate surface area is 157 Å². The first-order valence-electron chi connectivity index (χ1n) is 10.8. The van der Waals surface area contributed by atoms with Crippen molar-refractivity contribution in [3.63, 3.8) is 0 Å². The zero-order valence-electron chi connectivity index (χ0n) is 16.9. The van der Waals surface area contributed by atoms with E-state index in [-0.39, 0.29) is 5.97 Å². The highest BCUT2D eigenvalue weighted by Gasteiger charge is 2.00. The molecule has 0 aliphatic heterocycles. The molecular weight excluding hydrogens is 308 g/mol. The lowest BCUT2D eigenvalue weighted by Crippen LogP contribution is -2.05. The Kier molecular flexibility index (Phi) is 20.1. The van der Waals surface area contributed by atoms with Gasteiger partial charge in [0.15, 0.2) is 0 Å². The van der Waals surface area contributed by atoms with Crippen LogP contribution in [0.5, 0.6) is 0 Å². The molecule has 2 heteroatoms. The van der Waals surface area contributed by atoms with Gasteiger partial charge in [0.1, 0.15) is 0 Å². The molecule has 0 spiro atoms. The Bertz CT molecular complexity index is 331. The summed E-state index contributed by atoms with van der Waals surface area (Å²) in [7, 11) is 0. The second-order valence-electron chi connectivity index (χ2n) is 6.91. The molecule has 0 unspecified atom stereocenters. The van der Waals surface area contributed by atoms with E-state index >= 15 is 0 Å². The molecule has 0 atom stereocenters. The molecule has 0 aliphatic rings. The first-order valence-corrected chi connectivity index (χ1v) is 10.8. The van der Waals surface area contributed by atoms with E-state index in [2.05, 4.69) is 38.2 Å². The van der Waals surface area contributed by atoms with Crippen LogP contribution < -0.4 is 0 Å². The lowest BCUT2D eigenvalue weighted by Gasteiger charge is -2.04. The largest absolute Gasteiger partial charge is 0.466 e. The van der Waals surface area contributed by atoms with Crippen molar-refractivity contribution in [3.05, 3.63) is 24.3 Å². The van der Waals surface area contributed by atoms with E-state index in [0.29, 0.717) is 13.0 Å². The summed E-state index contributed by atoms with van der Waals surface area (Å²) in [4.78, 5) is 11.3. The van der Waals surface area contributed by atoms with Gasteiger partial charge in [-0.25, -0.2) is 0 Å². The molecule has 0 saturated carbocycles. The van der Waals surface area contributed by atoms with Gasteiger partial charge in [-0.3, -0.25) is 4.79 Å². The van der Waals surface area contributed by atoms with Crippen LogP contribution in [-0.4, -0.2) is 12.6 Å². The van der Waals surface area contributed by atoms with Crippen molar-refractivity contribution in [3.8, 4) is 0 Å². The van der Waals surface area contributed by atoms with Crippen LogP contribution in [0.15, 0.2) is 24.3 Å². The van der Waals surface area contributed by atoms with Crippen molar-refractivity contribution < 1.29 is 9.53 Å². The van der Waals surface area contributed by atoms with Gasteiger partial charge >= 0.3 is 5.97 Å². The molecule has 0 aromatic heterocycles. The predicted molar refractivity (Wildman–Crippen MR) is 110 cm³/mol. The number of carbonyl (C=O) groups is 1. The van der Waals surface area contributed by atoms with E-state index < -0.39 is 0 Å². The smallest absolute Gasteiger partial charge is 0.305 e. The summed E-state index contributed by atoms with van der Waals surface area (Å²) in [6.07, 6.45) is 26.7. The lowest BCUT2D eigenvalue weighted by atomic mass is 10.1. The average molecular weight is 351 g/mol. The summed E-state index contributed by atoms with van der Waals surface area (Å²) in [6.45, 7) is 4.95. The number of rotatable bonds is 18. The first kappa shape index (κ1) is 23.9. The number of ether oxygens (including phenoxy) is 1. The van der Waals surface area contributed by atoms with E-state index in [1.807, 2.05) is 0 Å². The van der Waals surface area contributed by atoms with Gasteiger partial charge < -0.3 is 4.74 Å². The van der Waals surface area contributed by atoms with Crippen molar-refractivity contribution in [2.45, 2.75) is 110 Å². The van der Waals surface area contributed by atoms with Crippen LogP contribution in [0.4, 0.5) is 0 Å². The van der Waals surface area contributed by atoms with Gasteiger partial charge in [0.05, 0.1) is 6.61 Å². The van der Waals surface area contributed by atoms with Crippen LogP contribution in [0.2, 0.25) is 0 Å². The van der Waals surface area contributed by atoms with Gasteiger partial charge in [-0.15, -0.1) is 0 Å². The molecule has 0 aromatic rings. The maximum atomic E-state index is 11.3. The van der Waals surface area contributed by atoms with Crippen LogP contribution in [0.3, 0.4) is 0 Å². The first-order chi connectivity index (χ1) is 12.3. The van der Waals surface area contributed by atoms with Gasteiger partial charge in [-0.2, -0.15) is 0 Å². The third-order valence-electron chi connectivity index (χ3n) is 4.34. The molecule has 0 rings (SSSR count). The topological polar surface area (TPSA) is 26.3 Å². The molecular formula is C23H42O2. The van der Waals surface area contributed by atoms with Crippen LogP contribution in [0.25, 0.3) is 0 Å². The minimum absolute atomic E-state index is 0.0237. The Morgan fingerprint density at radius 1 is 0.680 bits per heavy atom. The van der Waals surface area contributed by atoms with Crippen molar-refractivity contribution in [2.75, 3.05) is 6.61 Å². The number of hydrogen-bond donors (Lipinski definition) is 0. The number of allylic oxidation sites excluding steroid dienone is 4. The molecule has 0 radical (unpaired) electrons. The zero-order valence-corrected chi connectivity index (χ0v) is 16.9. The third kappa shape index (κ3) is 20.9. The fourth-order valence-corrected chi connectivity index (χ4v) is 2.67. The van der Waals surface area contributed by atoms with Gasteiger partial charge in [-0.05, 0) is 44.9 Å². The van der Waals surface area contributed by atoms with E-state index in [9.17, 15) is 4.79 Å². The number of hydrogen-bond acceptors (Lipinski definition) is 2. The average Bonchev–Trinajstić information content (AvgIpc) is 2.62. The summed E-state index contributed by atoms with van der Waals surface area (Å²) in [5, 5.41) is 0. The summed E-state index contributed by atoms with van der Waals surface area (Å²) >= 11 is 0. The Hall–Kier alpha value is -1.05. The van der Waals surface area contributed by atoms with E-state index in [1.165, 1.54) is 64.2 Å². The normalized spacial score (nSPS) is 11.6. The van der Waals surface area contributed by atoms with Gasteiger partial charge in [0, 0.05) is 6.42 Å². The second kappa shape index (κ2) is 21.0. The van der Waals surface area contributed by atoms with E-state index in [0.717, 1.165) is 25.7 Å². The number of esters is 1. The molecule has 25 heavy (non-hydrogen) atoms. The highest BCUT2D eigenvalue weighted by molar-refractivity contribution is 5.69. The summed E-state index contributed by atoms with van der Waals surface area (Å²) in [5.41, 5.74) is 0. The fraction of sp³-hybridized carbons (Fsp3) is 0.783. The molecule has 0 fully saturated rings. The maximum absolute atomic E-state index is 11.3. The maximum Gasteiger partial charge on any atom is 0.305 e.